The number of hydrogen-bond acceptors (Lipinski definition) is 1. The van der Waals surface area contributed by atoms with Crippen LogP contribution in [0.15, 0.2) is 78.9 Å². The summed E-state index contributed by atoms with van der Waals surface area (Å²) in [5.41, 5.74) is 3.78. The zero-order chi connectivity index (χ0) is 15.4. The Bertz CT molecular complexity index is 759. The van der Waals surface area contributed by atoms with Crippen LogP contribution in [0.1, 0.15) is 15.9 Å². The standard InChI is InChI=1S/C20H16OSe/c1-22-19-13-11-16(12-14-19)15-7-9-18(10-8-15)20(21)17-5-3-2-4-6-17/h2-14H,1H3. The molecule has 0 spiro atoms. The molecule has 2 heteroatoms. The van der Waals surface area contributed by atoms with Crippen LogP contribution < -0.4 is 4.46 Å². The Morgan fingerprint density at radius 3 is 1.73 bits per heavy atom. The molecule has 0 fully saturated rings. The Labute approximate surface area is 137 Å². The van der Waals surface area contributed by atoms with Crippen LogP contribution in [-0.4, -0.2) is 20.7 Å². The first kappa shape index (κ1) is 14.8. The molecule has 0 heterocycles. The molecular formula is C20H16OSe. The first-order valence-electron chi connectivity index (χ1n) is 7.12. The van der Waals surface area contributed by atoms with Crippen LogP contribution in [0.4, 0.5) is 0 Å². The van der Waals surface area contributed by atoms with E-state index in [1.165, 1.54) is 10.0 Å². The number of ketones is 1. The van der Waals surface area contributed by atoms with E-state index in [1.54, 1.807) is 0 Å². The van der Waals surface area contributed by atoms with E-state index in [-0.39, 0.29) is 5.78 Å². The Morgan fingerprint density at radius 2 is 1.18 bits per heavy atom. The van der Waals surface area contributed by atoms with Crippen molar-refractivity contribution in [1.82, 2.24) is 0 Å². The van der Waals surface area contributed by atoms with Gasteiger partial charge in [0.2, 0.25) is 0 Å². The Hall–Kier alpha value is -2.15. The minimum absolute atomic E-state index is 0.0659. The predicted molar refractivity (Wildman–Crippen MR) is 93.0 cm³/mol. The van der Waals surface area contributed by atoms with Gasteiger partial charge >= 0.3 is 131 Å². The average Bonchev–Trinajstić information content (AvgIpc) is 2.62. The molecule has 3 rings (SSSR count). The van der Waals surface area contributed by atoms with Gasteiger partial charge in [0.25, 0.3) is 0 Å². The number of benzene rings is 3. The summed E-state index contributed by atoms with van der Waals surface area (Å²) < 4.78 is 1.40. The summed E-state index contributed by atoms with van der Waals surface area (Å²) in [5, 5.41) is 0. The second kappa shape index (κ2) is 6.74. The number of carbonyl (C=O) groups is 1. The molecule has 22 heavy (non-hydrogen) atoms. The second-order valence-corrected chi connectivity index (χ2v) is 6.85. The fraction of sp³-hybridized carbons (Fsp3) is 0.0500. The van der Waals surface area contributed by atoms with Crippen molar-refractivity contribution in [2.75, 3.05) is 0 Å². The van der Waals surface area contributed by atoms with E-state index in [0.717, 1.165) is 16.7 Å². The van der Waals surface area contributed by atoms with Crippen molar-refractivity contribution in [2.45, 2.75) is 5.82 Å². The van der Waals surface area contributed by atoms with E-state index in [1.807, 2.05) is 54.6 Å². The predicted octanol–water partition coefficient (Wildman–Crippen LogP) is 3.96. The zero-order valence-electron chi connectivity index (χ0n) is 12.3. The first-order chi connectivity index (χ1) is 10.8. The van der Waals surface area contributed by atoms with Crippen molar-refractivity contribution < 1.29 is 4.79 Å². The van der Waals surface area contributed by atoms with E-state index in [0.29, 0.717) is 15.0 Å². The van der Waals surface area contributed by atoms with Crippen LogP contribution in [0.5, 0.6) is 0 Å². The molecule has 0 aliphatic carbocycles. The summed E-state index contributed by atoms with van der Waals surface area (Å²) in [6.45, 7) is 0. The van der Waals surface area contributed by atoms with Crippen LogP contribution >= 0.6 is 0 Å². The molecule has 0 amide bonds. The molecule has 0 aliphatic rings. The van der Waals surface area contributed by atoms with Gasteiger partial charge in [0.15, 0.2) is 0 Å². The number of carbonyl (C=O) groups excluding carboxylic acids is 1. The second-order valence-electron chi connectivity index (χ2n) is 5.00. The van der Waals surface area contributed by atoms with Crippen LogP contribution in [0.3, 0.4) is 0 Å². The van der Waals surface area contributed by atoms with E-state index in [9.17, 15) is 4.79 Å². The quantitative estimate of drug-likeness (QED) is 0.514. The van der Waals surface area contributed by atoms with Crippen molar-refractivity contribution in [3.05, 3.63) is 90.0 Å². The van der Waals surface area contributed by atoms with Crippen LogP contribution in [0, 0.1) is 0 Å². The van der Waals surface area contributed by atoms with Crippen LogP contribution in [0.2, 0.25) is 5.82 Å². The van der Waals surface area contributed by atoms with Crippen molar-refractivity contribution in [3.63, 3.8) is 0 Å². The van der Waals surface area contributed by atoms with Gasteiger partial charge in [-0.05, 0) is 0 Å². The van der Waals surface area contributed by atoms with Crippen molar-refractivity contribution >= 4 is 25.2 Å². The third kappa shape index (κ3) is 3.19. The topological polar surface area (TPSA) is 17.1 Å². The van der Waals surface area contributed by atoms with Gasteiger partial charge < -0.3 is 0 Å². The molecule has 0 unspecified atom stereocenters. The summed E-state index contributed by atoms with van der Waals surface area (Å²) >= 11 is 0.532. The molecule has 0 radical (unpaired) electrons. The van der Waals surface area contributed by atoms with Gasteiger partial charge in [-0.2, -0.15) is 0 Å². The molecule has 3 aromatic rings. The molecule has 0 aliphatic heterocycles. The summed E-state index contributed by atoms with van der Waals surface area (Å²) in [7, 11) is 0. The monoisotopic (exact) mass is 352 g/mol. The van der Waals surface area contributed by atoms with E-state index in [4.69, 9.17) is 0 Å². The molecule has 0 saturated carbocycles. The number of rotatable bonds is 4. The molecule has 1 nitrogen and oxygen atoms in total. The van der Waals surface area contributed by atoms with Gasteiger partial charge in [0.05, 0.1) is 0 Å². The van der Waals surface area contributed by atoms with Gasteiger partial charge in [-0.25, -0.2) is 0 Å². The minimum atomic E-state index is 0.0659. The molecule has 0 atom stereocenters. The van der Waals surface area contributed by atoms with Crippen LogP contribution in [-0.2, 0) is 0 Å². The summed E-state index contributed by atoms with van der Waals surface area (Å²) in [4.78, 5) is 12.4. The molecule has 0 bridgehead atoms. The maximum atomic E-state index is 12.4. The first-order valence-corrected chi connectivity index (χ1v) is 9.69. The normalized spacial score (nSPS) is 10.4. The van der Waals surface area contributed by atoms with E-state index in [2.05, 4.69) is 30.1 Å². The van der Waals surface area contributed by atoms with E-state index < -0.39 is 0 Å². The third-order valence-electron chi connectivity index (χ3n) is 3.61. The fourth-order valence-corrected chi connectivity index (χ4v) is 3.21. The Balaban J connectivity index is 1.84. The van der Waals surface area contributed by atoms with Gasteiger partial charge in [-0.3, -0.25) is 0 Å². The van der Waals surface area contributed by atoms with E-state index >= 15 is 0 Å². The summed E-state index contributed by atoms with van der Waals surface area (Å²) in [5.74, 6) is 2.28. The Morgan fingerprint density at radius 1 is 0.682 bits per heavy atom. The third-order valence-corrected chi connectivity index (χ3v) is 5.17. The fourth-order valence-electron chi connectivity index (χ4n) is 2.35. The van der Waals surface area contributed by atoms with Gasteiger partial charge in [-0.15, -0.1) is 0 Å². The SMILES string of the molecule is C[Se]c1ccc(-c2ccc(C(=O)c3ccccc3)cc2)cc1. The summed E-state index contributed by atoms with van der Waals surface area (Å²) in [6, 6.07) is 25.9. The van der Waals surface area contributed by atoms with Crippen LogP contribution in [0.25, 0.3) is 11.1 Å². The van der Waals surface area contributed by atoms with Gasteiger partial charge in [0, 0.05) is 0 Å². The summed E-state index contributed by atoms with van der Waals surface area (Å²) in [6.07, 6.45) is 0. The Kier molecular flexibility index (Phi) is 4.53. The van der Waals surface area contributed by atoms with Gasteiger partial charge in [0.1, 0.15) is 0 Å². The van der Waals surface area contributed by atoms with Crippen molar-refractivity contribution in [1.29, 1.82) is 0 Å². The molecule has 3 aromatic carbocycles. The van der Waals surface area contributed by atoms with Crippen molar-refractivity contribution in [2.24, 2.45) is 0 Å². The zero-order valence-corrected chi connectivity index (χ0v) is 14.0. The molecular weight excluding hydrogens is 335 g/mol. The maximum absolute atomic E-state index is 12.4. The average molecular weight is 351 g/mol. The molecule has 108 valence electrons. The number of hydrogen-bond donors (Lipinski definition) is 0. The molecule has 0 aromatic heterocycles. The van der Waals surface area contributed by atoms with Gasteiger partial charge in [-0.1, -0.05) is 6.07 Å². The molecule has 0 N–H and O–H groups in total. The molecule has 0 saturated heterocycles. The van der Waals surface area contributed by atoms with Crippen molar-refractivity contribution in [3.8, 4) is 11.1 Å².